The molecule has 1 heterocycles. The zero-order valence-electron chi connectivity index (χ0n) is 15.2. The first-order valence-corrected chi connectivity index (χ1v) is 9.25. The van der Waals surface area contributed by atoms with E-state index in [9.17, 15) is 15.0 Å². The number of rotatable bonds is 1. The fourth-order valence-electron chi connectivity index (χ4n) is 5.79. The Morgan fingerprint density at radius 1 is 1.20 bits per heavy atom. The number of carbonyl (C=O) groups is 1. The van der Waals surface area contributed by atoms with Crippen LogP contribution in [-0.4, -0.2) is 16.5 Å². The summed E-state index contributed by atoms with van der Waals surface area (Å²) in [5.74, 6) is 0.812. The summed E-state index contributed by atoms with van der Waals surface area (Å²) in [5.41, 5.74) is 1.84. The molecule has 0 spiro atoms. The van der Waals surface area contributed by atoms with E-state index in [2.05, 4.69) is 20.8 Å². The van der Waals surface area contributed by atoms with Crippen LogP contribution in [0.5, 0.6) is 11.5 Å². The Morgan fingerprint density at radius 2 is 1.96 bits per heavy atom. The van der Waals surface area contributed by atoms with Crippen LogP contribution in [0.25, 0.3) is 11.0 Å². The highest BCUT2D eigenvalue weighted by Gasteiger charge is 2.50. The number of aldehydes is 1. The van der Waals surface area contributed by atoms with Crippen LogP contribution < -0.4 is 0 Å². The summed E-state index contributed by atoms with van der Waals surface area (Å²) in [6.45, 7) is 7.05. The zero-order chi connectivity index (χ0) is 18.0. The summed E-state index contributed by atoms with van der Waals surface area (Å²) in [7, 11) is 0. The third-order valence-electron chi connectivity index (χ3n) is 6.86. The molecular formula is C21H26O4. The van der Waals surface area contributed by atoms with E-state index in [0.717, 1.165) is 42.4 Å². The summed E-state index contributed by atoms with van der Waals surface area (Å²) in [4.78, 5) is 11.5. The van der Waals surface area contributed by atoms with Crippen molar-refractivity contribution in [1.82, 2.24) is 0 Å². The van der Waals surface area contributed by atoms with Gasteiger partial charge in [0.25, 0.3) is 0 Å². The van der Waals surface area contributed by atoms with Gasteiger partial charge in [-0.05, 0) is 48.5 Å². The normalized spacial score (nSPS) is 28.2. The topological polar surface area (TPSA) is 70.7 Å². The van der Waals surface area contributed by atoms with Gasteiger partial charge in [-0.15, -0.1) is 0 Å². The maximum absolute atomic E-state index is 11.5. The third kappa shape index (κ3) is 2.16. The summed E-state index contributed by atoms with van der Waals surface area (Å²) in [6.07, 6.45) is 7.11. The molecule has 1 aromatic carbocycles. The molecule has 25 heavy (non-hydrogen) atoms. The lowest BCUT2D eigenvalue weighted by Crippen LogP contribution is -2.44. The Balaban J connectivity index is 2.05. The first-order chi connectivity index (χ1) is 11.8. The van der Waals surface area contributed by atoms with Crippen molar-refractivity contribution >= 4 is 17.3 Å². The predicted molar refractivity (Wildman–Crippen MR) is 96.3 cm³/mol. The molecule has 0 aliphatic heterocycles. The van der Waals surface area contributed by atoms with Gasteiger partial charge in [0.15, 0.2) is 17.8 Å². The van der Waals surface area contributed by atoms with Gasteiger partial charge in [0, 0.05) is 17.4 Å². The number of carbonyl (C=O) groups excluding carboxylic acids is 1. The Bertz CT molecular complexity index is 861. The molecule has 4 heteroatoms. The largest absolute Gasteiger partial charge is 0.504 e. The van der Waals surface area contributed by atoms with E-state index < -0.39 is 5.75 Å². The van der Waals surface area contributed by atoms with Crippen molar-refractivity contribution in [2.45, 2.75) is 64.7 Å². The van der Waals surface area contributed by atoms with E-state index in [-0.39, 0.29) is 22.1 Å². The van der Waals surface area contributed by atoms with E-state index in [1.54, 1.807) is 6.07 Å². The van der Waals surface area contributed by atoms with E-state index in [4.69, 9.17) is 4.42 Å². The van der Waals surface area contributed by atoms with Crippen LogP contribution in [0.15, 0.2) is 10.5 Å². The van der Waals surface area contributed by atoms with Gasteiger partial charge >= 0.3 is 0 Å². The lowest BCUT2D eigenvalue weighted by atomic mass is 9.53. The summed E-state index contributed by atoms with van der Waals surface area (Å²) < 4.78 is 6.11. The Hall–Kier alpha value is -1.97. The summed E-state index contributed by atoms with van der Waals surface area (Å²) in [5, 5.41) is 21.0. The van der Waals surface area contributed by atoms with Crippen LogP contribution >= 0.6 is 0 Å². The molecule has 2 atom stereocenters. The maximum atomic E-state index is 11.5. The molecule has 4 nitrogen and oxygen atoms in total. The molecule has 2 unspecified atom stereocenters. The van der Waals surface area contributed by atoms with Gasteiger partial charge in [-0.3, -0.25) is 4.79 Å². The molecule has 134 valence electrons. The van der Waals surface area contributed by atoms with Gasteiger partial charge in [0.2, 0.25) is 0 Å². The fourth-order valence-corrected chi connectivity index (χ4v) is 5.79. The van der Waals surface area contributed by atoms with Crippen molar-refractivity contribution in [3.8, 4) is 11.5 Å². The second-order valence-corrected chi connectivity index (χ2v) is 8.76. The fraction of sp³-hybridized carbons (Fsp3) is 0.571. The van der Waals surface area contributed by atoms with Gasteiger partial charge in [-0.1, -0.05) is 27.2 Å². The highest BCUT2D eigenvalue weighted by molar-refractivity contribution is 6.01. The first-order valence-electron chi connectivity index (χ1n) is 9.25. The molecular weight excluding hydrogens is 316 g/mol. The lowest BCUT2D eigenvalue weighted by Gasteiger charge is -2.50. The zero-order valence-corrected chi connectivity index (χ0v) is 15.2. The van der Waals surface area contributed by atoms with Gasteiger partial charge < -0.3 is 14.6 Å². The highest BCUT2D eigenvalue weighted by atomic mass is 16.3. The van der Waals surface area contributed by atoms with Crippen LogP contribution in [-0.2, 0) is 11.8 Å². The van der Waals surface area contributed by atoms with Gasteiger partial charge in [0.1, 0.15) is 16.9 Å². The number of hydrogen-bond acceptors (Lipinski definition) is 4. The van der Waals surface area contributed by atoms with Crippen molar-refractivity contribution in [3.63, 3.8) is 0 Å². The monoisotopic (exact) mass is 342 g/mol. The van der Waals surface area contributed by atoms with E-state index in [0.29, 0.717) is 17.8 Å². The predicted octanol–water partition coefficient (Wildman–Crippen LogP) is 5.08. The van der Waals surface area contributed by atoms with E-state index in [1.165, 1.54) is 12.8 Å². The van der Waals surface area contributed by atoms with Crippen molar-refractivity contribution in [2.24, 2.45) is 11.3 Å². The van der Waals surface area contributed by atoms with Crippen LogP contribution in [0.4, 0.5) is 0 Å². The van der Waals surface area contributed by atoms with Crippen LogP contribution in [0.1, 0.15) is 74.6 Å². The average molecular weight is 342 g/mol. The average Bonchev–Trinajstić information content (AvgIpc) is 2.81. The molecule has 2 N–H and O–H groups in total. The number of phenols is 2. The number of phenolic OH excluding ortho intramolecular Hbond substituents is 2. The van der Waals surface area contributed by atoms with Crippen LogP contribution in [0.3, 0.4) is 0 Å². The SMILES string of the molecule is CC1(C)CCCC2(C)c3c(oc4c(C=O)c(O)c(O)cc34)CCCC12. The smallest absolute Gasteiger partial charge is 0.172 e. The van der Waals surface area contributed by atoms with E-state index >= 15 is 0 Å². The van der Waals surface area contributed by atoms with Crippen LogP contribution in [0, 0.1) is 11.3 Å². The second-order valence-electron chi connectivity index (χ2n) is 8.76. The number of hydrogen-bond donors (Lipinski definition) is 2. The molecule has 1 saturated carbocycles. The number of furan rings is 1. The number of aryl methyl sites for hydroxylation is 1. The molecule has 1 fully saturated rings. The van der Waals surface area contributed by atoms with E-state index in [1.807, 2.05) is 0 Å². The maximum Gasteiger partial charge on any atom is 0.172 e. The van der Waals surface area contributed by atoms with Crippen molar-refractivity contribution in [3.05, 3.63) is 23.0 Å². The summed E-state index contributed by atoms with van der Waals surface area (Å²) in [6, 6.07) is 1.58. The standard InChI is InChI=1S/C21H26O4/c1-20(2)8-5-9-21(3)16(20)7-4-6-15-17(21)12-10-14(23)18(24)13(11-22)19(12)25-15/h10-11,16,23-24H,4-9H2,1-3H3. The molecule has 4 rings (SSSR count). The van der Waals surface area contributed by atoms with Crippen molar-refractivity contribution in [1.29, 1.82) is 0 Å². The van der Waals surface area contributed by atoms with Crippen molar-refractivity contribution < 1.29 is 19.4 Å². The first kappa shape index (κ1) is 16.5. The molecule has 2 aliphatic carbocycles. The molecule has 1 aromatic heterocycles. The van der Waals surface area contributed by atoms with Crippen LogP contribution in [0.2, 0.25) is 0 Å². The minimum atomic E-state index is -0.392. The third-order valence-corrected chi connectivity index (χ3v) is 6.86. The molecule has 2 aliphatic rings. The molecule has 2 aromatic rings. The summed E-state index contributed by atoms with van der Waals surface area (Å²) >= 11 is 0. The Morgan fingerprint density at radius 3 is 2.68 bits per heavy atom. The van der Waals surface area contributed by atoms with Gasteiger partial charge in [-0.2, -0.15) is 0 Å². The molecule has 0 radical (unpaired) electrons. The molecule has 0 saturated heterocycles. The molecule has 0 amide bonds. The quantitative estimate of drug-likeness (QED) is 0.560. The molecule has 0 bridgehead atoms. The highest BCUT2D eigenvalue weighted by Crippen LogP contribution is 2.58. The minimum absolute atomic E-state index is 0.0393. The Kier molecular flexibility index (Phi) is 3.47. The minimum Gasteiger partial charge on any atom is -0.504 e. The second kappa shape index (κ2) is 5.26. The lowest BCUT2D eigenvalue weighted by molar-refractivity contribution is 0.0509. The number of fused-ring (bicyclic) bond motifs is 5. The number of aromatic hydroxyl groups is 2. The van der Waals surface area contributed by atoms with Crippen molar-refractivity contribution in [2.75, 3.05) is 0 Å². The number of benzene rings is 1. The van der Waals surface area contributed by atoms with Gasteiger partial charge in [0.05, 0.1) is 0 Å². The Labute approximate surface area is 147 Å². The van der Waals surface area contributed by atoms with Gasteiger partial charge in [-0.25, -0.2) is 0 Å².